The molecule has 0 aromatic heterocycles. The van der Waals surface area contributed by atoms with E-state index < -0.39 is 12.1 Å². The topological polar surface area (TPSA) is 53.1 Å². The van der Waals surface area contributed by atoms with Crippen molar-refractivity contribution in [2.24, 2.45) is 5.92 Å². The fourth-order valence-electron chi connectivity index (χ4n) is 4.20. The van der Waals surface area contributed by atoms with Crippen molar-refractivity contribution in [2.75, 3.05) is 46.4 Å². The zero-order chi connectivity index (χ0) is 19.7. The van der Waals surface area contributed by atoms with Crippen molar-refractivity contribution in [3.8, 4) is 0 Å². The van der Waals surface area contributed by atoms with Crippen LogP contribution in [0.1, 0.15) is 30.9 Å². The number of benzene rings is 1. The van der Waals surface area contributed by atoms with E-state index in [9.17, 15) is 9.59 Å². The molecule has 7 heteroatoms. The Morgan fingerprint density at radius 1 is 1.14 bits per heavy atom. The van der Waals surface area contributed by atoms with E-state index >= 15 is 0 Å². The Balaban J connectivity index is 1.49. The number of morpholine rings is 1. The first-order valence-corrected chi connectivity index (χ1v) is 10.5. The maximum absolute atomic E-state index is 13.4. The number of hydrogen-bond acceptors (Lipinski definition) is 4. The molecule has 2 atom stereocenters. The first-order chi connectivity index (χ1) is 13.5. The van der Waals surface area contributed by atoms with Gasteiger partial charge in [0.2, 0.25) is 5.91 Å². The molecule has 2 amide bonds. The van der Waals surface area contributed by atoms with Crippen molar-refractivity contribution in [3.63, 3.8) is 0 Å². The second-order valence-corrected chi connectivity index (χ2v) is 8.59. The molecule has 3 fully saturated rings. The molecule has 0 spiro atoms. The van der Waals surface area contributed by atoms with Gasteiger partial charge in [-0.3, -0.25) is 9.59 Å². The van der Waals surface area contributed by atoms with Gasteiger partial charge in [-0.1, -0.05) is 23.7 Å². The summed E-state index contributed by atoms with van der Waals surface area (Å²) in [5, 5.41) is 0.626. The first kappa shape index (κ1) is 19.7. The number of amides is 2. The minimum absolute atomic E-state index is 0.0208. The smallest absolute Gasteiger partial charge is 0.254 e. The highest BCUT2D eigenvalue weighted by atomic mass is 35.5. The average molecular weight is 406 g/mol. The summed E-state index contributed by atoms with van der Waals surface area (Å²) in [5.41, 5.74) is 0.864. The summed E-state index contributed by atoms with van der Waals surface area (Å²) in [6.45, 7) is 4.52. The minimum atomic E-state index is -0.682. The summed E-state index contributed by atoms with van der Waals surface area (Å²) in [4.78, 5) is 31.6. The van der Waals surface area contributed by atoms with Gasteiger partial charge in [-0.15, -0.1) is 0 Å². The van der Waals surface area contributed by atoms with Crippen LogP contribution in [-0.4, -0.2) is 79.0 Å². The summed E-state index contributed by atoms with van der Waals surface area (Å²) >= 11 is 6.02. The predicted octanol–water partition coefficient (Wildman–Crippen LogP) is 2.18. The lowest BCUT2D eigenvalue weighted by Crippen LogP contribution is -2.54. The van der Waals surface area contributed by atoms with E-state index in [1.54, 1.807) is 24.1 Å². The number of nitrogens with zero attached hydrogens (tertiary/aromatic N) is 3. The molecule has 28 heavy (non-hydrogen) atoms. The van der Waals surface area contributed by atoms with Crippen molar-refractivity contribution in [1.29, 1.82) is 0 Å². The Hall–Kier alpha value is -1.63. The van der Waals surface area contributed by atoms with Crippen molar-refractivity contribution in [2.45, 2.75) is 31.4 Å². The van der Waals surface area contributed by atoms with Gasteiger partial charge in [0.05, 0.1) is 6.04 Å². The summed E-state index contributed by atoms with van der Waals surface area (Å²) < 4.78 is 5.79. The molecule has 0 radical (unpaired) electrons. The van der Waals surface area contributed by atoms with Gasteiger partial charge in [-0.05, 0) is 49.4 Å². The lowest BCUT2D eigenvalue weighted by atomic mass is 9.97. The van der Waals surface area contributed by atoms with Crippen molar-refractivity contribution in [1.82, 2.24) is 14.7 Å². The van der Waals surface area contributed by atoms with E-state index in [0.29, 0.717) is 5.02 Å². The highest BCUT2D eigenvalue weighted by Gasteiger charge is 2.42. The molecule has 1 aromatic rings. The van der Waals surface area contributed by atoms with Gasteiger partial charge in [-0.2, -0.15) is 0 Å². The third-order valence-corrected chi connectivity index (χ3v) is 6.30. The number of carbonyl (C=O) groups excluding carboxylic acids is 2. The summed E-state index contributed by atoms with van der Waals surface area (Å²) in [5.74, 6) is 0.723. The van der Waals surface area contributed by atoms with Gasteiger partial charge >= 0.3 is 0 Å². The molecule has 0 bridgehead atoms. The van der Waals surface area contributed by atoms with Crippen LogP contribution >= 0.6 is 11.6 Å². The normalized spacial score (nSPS) is 27.0. The molecule has 6 nitrogen and oxygen atoms in total. The van der Waals surface area contributed by atoms with Gasteiger partial charge in [-0.25, -0.2) is 0 Å². The number of likely N-dealkylation sites (N-methyl/N-ethyl adjacent to an activating group) is 1. The molecule has 2 aliphatic heterocycles. The van der Waals surface area contributed by atoms with Gasteiger partial charge in [0.25, 0.3) is 5.91 Å². The Morgan fingerprint density at radius 3 is 2.61 bits per heavy atom. The first-order valence-electron chi connectivity index (χ1n) is 10.2. The van der Waals surface area contributed by atoms with Crippen molar-refractivity contribution in [3.05, 3.63) is 34.9 Å². The Morgan fingerprint density at radius 2 is 1.89 bits per heavy atom. The van der Waals surface area contributed by atoms with E-state index in [4.69, 9.17) is 16.3 Å². The minimum Gasteiger partial charge on any atom is -0.356 e. The summed E-state index contributed by atoms with van der Waals surface area (Å²) in [6, 6.07) is 6.87. The lowest BCUT2D eigenvalue weighted by Gasteiger charge is -2.40. The van der Waals surface area contributed by atoms with Gasteiger partial charge < -0.3 is 19.4 Å². The molecule has 3 aliphatic rings. The Kier molecular flexibility index (Phi) is 5.90. The van der Waals surface area contributed by atoms with Crippen LogP contribution in [0.4, 0.5) is 0 Å². The molecule has 2 unspecified atom stereocenters. The molecule has 1 aliphatic carbocycles. The zero-order valence-electron chi connectivity index (χ0n) is 16.3. The van der Waals surface area contributed by atoms with E-state index in [0.717, 1.165) is 50.6 Å². The van der Waals surface area contributed by atoms with E-state index in [1.165, 1.54) is 12.8 Å². The van der Waals surface area contributed by atoms with Crippen LogP contribution in [0, 0.1) is 5.92 Å². The summed E-state index contributed by atoms with van der Waals surface area (Å²) in [6.07, 6.45) is 2.99. The third kappa shape index (κ3) is 4.34. The molecular weight excluding hydrogens is 378 g/mol. The highest BCUT2D eigenvalue weighted by Crippen LogP contribution is 2.32. The highest BCUT2D eigenvalue weighted by molar-refractivity contribution is 6.30. The molecule has 0 N–H and O–H groups in total. The van der Waals surface area contributed by atoms with Gasteiger partial charge in [0, 0.05) is 38.2 Å². The van der Waals surface area contributed by atoms with Crippen molar-refractivity contribution >= 4 is 23.4 Å². The second-order valence-electron chi connectivity index (χ2n) is 8.16. The molecular formula is C21H28ClN3O3. The zero-order valence-corrected chi connectivity index (χ0v) is 17.1. The lowest BCUT2D eigenvalue weighted by molar-refractivity contribution is -0.167. The number of halogens is 1. The van der Waals surface area contributed by atoms with E-state index in [1.807, 2.05) is 17.0 Å². The quantitative estimate of drug-likeness (QED) is 0.770. The standard InChI is InChI=1S/C21H28ClN3O3/c1-23-18(26)14-28-20(19(23)16-5-7-17(22)8-6-16)21(27)25-10-2-9-24(11-12-25)13-15-3-4-15/h5-8,15,19-20H,2-4,9-14H2,1H3. The molecule has 1 saturated carbocycles. The number of hydrogen-bond donors (Lipinski definition) is 0. The van der Waals surface area contributed by atoms with Crippen LogP contribution < -0.4 is 0 Å². The Bertz CT molecular complexity index is 722. The average Bonchev–Trinajstić information content (AvgIpc) is 3.52. The molecule has 1 aromatic carbocycles. The molecule has 2 saturated heterocycles. The number of carbonyl (C=O) groups is 2. The second kappa shape index (κ2) is 8.39. The number of ether oxygens (including phenoxy) is 1. The van der Waals surface area contributed by atoms with Crippen LogP contribution in [-0.2, 0) is 14.3 Å². The molecule has 152 valence electrons. The van der Waals surface area contributed by atoms with Gasteiger partial charge in [0.1, 0.15) is 6.61 Å². The molecule has 2 heterocycles. The maximum atomic E-state index is 13.4. The predicted molar refractivity (Wildman–Crippen MR) is 107 cm³/mol. The van der Waals surface area contributed by atoms with Crippen molar-refractivity contribution < 1.29 is 14.3 Å². The van der Waals surface area contributed by atoms with E-state index in [-0.39, 0.29) is 18.4 Å². The van der Waals surface area contributed by atoms with Crippen LogP contribution in [0.25, 0.3) is 0 Å². The maximum Gasteiger partial charge on any atom is 0.254 e. The summed E-state index contributed by atoms with van der Waals surface area (Å²) in [7, 11) is 1.74. The van der Waals surface area contributed by atoms with Crippen LogP contribution in [0.15, 0.2) is 24.3 Å². The van der Waals surface area contributed by atoms with Gasteiger partial charge in [0.15, 0.2) is 6.10 Å². The monoisotopic (exact) mass is 405 g/mol. The fraction of sp³-hybridized carbons (Fsp3) is 0.619. The Labute approximate surface area is 171 Å². The fourth-order valence-corrected chi connectivity index (χ4v) is 4.32. The number of rotatable bonds is 4. The van der Waals surface area contributed by atoms with Crippen LogP contribution in [0.3, 0.4) is 0 Å². The SMILES string of the molecule is CN1C(=O)COC(C(=O)N2CCCN(CC3CC3)CC2)C1c1ccc(Cl)cc1. The van der Waals surface area contributed by atoms with Crippen LogP contribution in [0.5, 0.6) is 0 Å². The molecule has 4 rings (SSSR count). The third-order valence-electron chi connectivity index (χ3n) is 6.05. The largest absolute Gasteiger partial charge is 0.356 e. The van der Waals surface area contributed by atoms with E-state index in [2.05, 4.69) is 4.90 Å². The van der Waals surface area contributed by atoms with Crippen LogP contribution in [0.2, 0.25) is 5.02 Å².